The normalized spacial score (nSPS) is 19.0. The molecule has 1 aliphatic heterocycles. The smallest absolute Gasteiger partial charge is 0.317 e. The molecule has 1 fully saturated rings. The predicted octanol–water partition coefficient (Wildman–Crippen LogP) is 2.36. The summed E-state index contributed by atoms with van der Waals surface area (Å²) in [6.45, 7) is 9.76. The molecule has 21 heavy (non-hydrogen) atoms. The number of hydrogen-bond donors (Lipinski definition) is 1. The van der Waals surface area contributed by atoms with Crippen molar-refractivity contribution in [3.63, 3.8) is 0 Å². The first-order valence-electron chi connectivity index (χ1n) is 7.69. The summed E-state index contributed by atoms with van der Waals surface area (Å²) in [5.41, 5.74) is 1.17. The van der Waals surface area contributed by atoms with Crippen molar-refractivity contribution in [2.45, 2.75) is 39.0 Å². The Hall–Kier alpha value is -1.17. The van der Waals surface area contributed by atoms with Gasteiger partial charge < -0.3 is 10.2 Å². The van der Waals surface area contributed by atoms with Crippen LogP contribution in [-0.2, 0) is 6.54 Å². The quantitative estimate of drug-likeness (QED) is 0.850. The van der Waals surface area contributed by atoms with Crippen LogP contribution in [0, 0.1) is 12.8 Å². The highest BCUT2D eigenvalue weighted by atomic mass is 32.2. The van der Waals surface area contributed by atoms with E-state index in [0.29, 0.717) is 17.7 Å². The van der Waals surface area contributed by atoms with Gasteiger partial charge in [0, 0.05) is 43.4 Å². The molecule has 2 rings (SSSR count). The first kappa shape index (κ1) is 16.2. The summed E-state index contributed by atoms with van der Waals surface area (Å²) >= 11 is 1.99. The minimum atomic E-state index is 0.0811. The van der Waals surface area contributed by atoms with Gasteiger partial charge in [0.2, 0.25) is 0 Å². The molecule has 2 amide bonds. The van der Waals surface area contributed by atoms with Gasteiger partial charge in [-0.05, 0) is 24.8 Å². The first-order chi connectivity index (χ1) is 10.1. The summed E-state index contributed by atoms with van der Waals surface area (Å²) in [4.78, 5) is 14.1. The van der Waals surface area contributed by atoms with Gasteiger partial charge in [0.15, 0.2) is 0 Å². The van der Waals surface area contributed by atoms with Gasteiger partial charge in [-0.2, -0.15) is 16.9 Å². The zero-order chi connectivity index (χ0) is 15.2. The molecular formula is C15H26N4OS. The highest BCUT2D eigenvalue weighted by Gasteiger charge is 2.25. The molecule has 0 aromatic carbocycles. The van der Waals surface area contributed by atoms with Crippen molar-refractivity contribution in [2.24, 2.45) is 5.92 Å². The molecule has 0 radical (unpaired) electrons. The lowest BCUT2D eigenvalue weighted by Gasteiger charge is -2.34. The van der Waals surface area contributed by atoms with Gasteiger partial charge in [-0.1, -0.05) is 13.8 Å². The number of hydrogen-bond acceptors (Lipinski definition) is 3. The van der Waals surface area contributed by atoms with Gasteiger partial charge in [0.1, 0.15) is 0 Å². The van der Waals surface area contributed by atoms with E-state index in [2.05, 4.69) is 24.3 Å². The summed E-state index contributed by atoms with van der Waals surface area (Å²) in [6.07, 6.45) is 4.79. The minimum absolute atomic E-state index is 0.0811. The van der Waals surface area contributed by atoms with Gasteiger partial charge in [0.05, 0.1) is 6.20 Å². The molecule has 1 saturated heterocycles. The summed E-state index contributed by atoms with van der Waals surface area (Å²) < 4.78 is 1.92. The number of nitrogens with one attached hydrogen (secondary N) is 1. The zero-order valence-electron chi connectivity index (χ0n) is 13.2. The molecule has 0 spiro atoms. The Morgan fingerprint density at radius 3 is 3.05 bits per heavy atom. The molecule has 0 aliphatic carbocycles. The van der Waals surface area contributed by atoms with E-state index in [4.69, 9.17) is 0 Å². The van der Waals surface area contributed by atoms with E-state index in [1.807, 2.05) is 40.7 Å². The van der Waals surface area contributed by atoms with Crippen LogP contribution >= 0.6 is 11.8 Å². The van der Waals surface area contributed by atoms with Gasteiger partial charge >= 0.3 is 6.03 Å². The molecule has 1 aromatic heterocycles. The molecule has 0 unspecified atom stereocenters. The van der Waals surface area contributed by atoms with Crippen molar-refractivity contribution >= 4 is 17.8 Å². The Kier molecular flexibility index (Phi) is 5.96. The fourth-order valence-electron chi connectivity index (χ4n) is 2.40. The lowest BCUT2D eigenvalue weighted by atomic mass is 10.1. The van der Waals surface area contributed by atoms with Gasteiger partial charge in [0.25, 0.3) is 0 Å². The second-order valence-electron chi connectivity index (χ2n) is 5.97. The van der Waals surface area contributed by atoms with E-state index in [1.54, 1.807) is 0 Å². The van der Waals surface area contributed by atoms with Crippen molar-refractivity contribution in [3.05, 3.63) is 18.0 Å². The number of aryl methyl sites for hydroxylation is 2. The number of amides is 2. The second kappa shape index (κ2) is 7.73. The molecule has 2 heterocycles. The highest BCUT2D eigenvalue weighted by Crippen LogP contribution is 2.24. The summed E-state index contributed by atoms with van der Waals surface area (Å²) in [5.74, 6) is 1.66. The van der Waals surface area contributed by atoms with E-state index in [1.165, 1.54) is 5.56 Å². The van der Waals surface area contributed by atoms with Gasteiger partial charge in [-0.25, -0.2) is 4.79 Å². The van der Waals surface area contributed by atoms with Crippen LogP contribution in [0.5, 0.6) is 0 Å². The molecule has 118 valence electrons. The number of nitrogens with zero attached hydrogens (tertiary/aromatic N) is 3. The maximum atomic E-state index is 12.2. The van der Waals surface area contributed by atoms with E-state index in [-0.39, 0.29) is 6.03 Å². The predicted molar refractivity (Wildman–Crippen MR) is 87.6 cm³/mol. The monoisotopic (exact) mass is 310 g/mol. The number of carbonyl (C=O) groups excluding carboxylic acids is 1. The second-order valence-corrected chi connectivity index (χ2v) is 7.31. The van der Waals surface area contributed by atoms with Crippen molar-refractivity contribution in [1.29, 1.82) is 0 Å². The average molecular weight is 310 g/mol. The van der Waals surface area contributed by atoms with Gasteiger partial charge in [-0.3, -0.25) is 4.68 Å². The van der Waals surface area contributed by atoms with Crippen LogP contribution in [0.25, 0.3) is 0 Å². The average Bonchev–Trinajstić information content (AvgIpc) is 2.89. The summed E-state index contributed by atoms with van der Waals surface area (Å²) in [6, 6.07) is 0.0811. The highest BCUT2D eigenvalue weighted by molar-refractivity contribution is 8.00. The van der Waals surface area contributed by atoms with Crippen molar-refractivity contribution < 1.29 is 4.79 Å². The molecule has 1 aromatic rings. The number of urea groups is 1. The molecule has 0 saturated carbocycles. The van der Waals surface area contributed by atoms with E-state index >= 15 is 0 Å². The fraction of sp³-hybridized carbons (Fsp3) is 0.733. The van der Waals surface area contributed by atoms with Crippen LogP contribution in [-0.4, -0.2) is 51.3 Å². The minimum Gasteiger partial charge on any atom is -0.338 e. The van der Waals surface area contributed by atoms with Crippen LogP contribution in [0.1, 0.15) is 25.8 Å². The topological polar surface area (TPSA) is 50.2 Å². The maximum Gasteiger partial charge on any atom is 0.317 e. The van der Waals surface area contributed by atoms with Gasteiger partial charge in [-0.15, -0.1) is 0 Å². The standard InChI is InChI=1S/C15H26N4OS/c1-12(2)14-11-18(7-8-21-14)15(20)16-5-4-6-19-10-13(3)9-17-19/h9-10,12,14H,4-8,11H2,1-3H3,(H,16,20)/t14-/m0/s1. The molecule has 1 N–H and O–H groups in total. The third-order valence-electron chi connectivity index (χ3n) is 3.73. The number of aromatic nitrogens is 2. The largest absolute Gasteiger partial charge is 0.338 e. The SMILES string of the molecule is Cc1cnn(CCCNC(=O)N2CCS[C@H](C(C)C)C2)c1. The lowest BCUT2D eigenvalue weighted by Crippen LogP contribution is -2.48. The van der Waals surface area contributed by atoms with Crippen molar-refractivity contribution in [2.75, 3.05) is 25.4 Å². The number of rotatable bonds is 5. The maximum absolute atomic E-state index is 12.2. The Bertz CT molecular complexity index is 460. The van der Waals surface area contributed by atoms with E-state index in [9.17, 15) is 4.79 Å². The van der Waals surface area contributed by atoms with Crippen molar-refractivity contribution in [1.82, 2.24) is 20.0 Å². The molecule has 1 atom stereocenters. The van der Waals surface area contributed by atoms with E-state index in [0.717, 1.165) is 31.8 Å². The van der Waals surface area contributed by atoms with Crippen LogP contribution in [0.15, 0.2) is 12.4 Å². The summed E-state index contributed by atoms with van der Waals surface area (Å²) in [5, 5.41) is 7.83. The lowest BCUT2D eigenvalue weighted by molar-refractivity contribution is 0.197. The molecule has 0 bridgehead atoms. The van der Waals surface area contributed by atoms with E-state index < -0.39 is 0 Å². The summed E-state index contributed by atoms with van der Waals surface area (Å²) in [7, 11) is 0. The van der Waals surface area contributed by atoms with Crippen LogP contribution in [0.3, 0.4) is 0 Å². The third kappa shape index (κ3) is 4.95. The number of carbonyl (C=O) groups is 1. The fourth-order valence-corrected chi connectivity index (χ4v) is 3.70. The Morgan fingerprint density at radius 1 is 1.57 bits per heavy atom. The molecular weight excluding hydrogens is 284 g/mol. The Labute approximate surface area is 131 Å². The number of thioether (sulfide) groups is 1. The van der Waals surface area contributed by atoms with Crippen LogP contribution in [0.2, 0.25) is 0 Å². The first-order valence-corrected chi connectivity index (χ1v) is 8.74. The van der Waals surface area contributed by atoms with Crippen LogP contribution in [0.4, 0.5) is 4.79 Å². The van der Waals surface area contributed by atoms with Crippen molar-refractivity contribution in [3.8, 4) is 0 Å². The Morgan fingerprint density at radius 2 is 2.38 bits per heavy atom. The molecule has 6 heteroatoms. The molecule has 5 nitrogen and oxygen atoms in total. The van der Waals surface area contributed by atoms with Crippen LogP contribution < -0.4 is 5.32 Å². The zero-order valence-corrected chi connectivity index (χ0v) is 14.0. The third-order valence-corrected chi connectivity index (χ3v) is 5.27. The Balaban J connectivity index is 1.67. The molecule has 1 aliphatic rings.